The molecule has 1 aliphatic carbocycles. The van der Waals surface area contributed by atoms with Crippen molar-refractivity contribution < 1.29 is 26.7 Å². The molecule has 6 rings (SSSR count). The Morgan fingerprint density at radius 1 is 0.947 bits per heavy atom. The topological polar surface area (TPSA) is 78.6 Å². The van der Waals surface area contributed by atoms with E-state index in [4.69, 9.17) is 4.74 Å². The molecular weight excluding hydrogens is 507 g/mol. The number of aryl methyl sites for hydroxylation is 2. The van der Waals surface area contributed by atoms with Gasteiger partial charge in [0.25, 0.3) is 0 Å². The SMILES string of the molecule is Cc1nc2nc([C@H]3CCO[C@@H](c4cnn(C5CC5)c4)C3)nc(-c3c(F)cc(C(F)(F)F)cc3F)c2nc1C. The Bertz CT molecular complexity index is 1520. The van der Waals surface area contributed by atoms with E-state index in [-0.39, 0.29) is 46.8 Å². The van der Waals surface area contributed by atoms with E-state index >= 15 is 8.78 Å². The summed E-state index contributed by atoms with van der Waals surface area (Å²) in [6.45, 7) is 3.80. The van der Waals surface area contributed by atoms with Gasteiger partial charge in [0.15, 0.2) is 5.65 Å². The molecule has 38 heavy (non-hydrogen) atoms. The van der Waals surface area contributed by atoms with Crippen molar-refractivity contribution in [1.82, 2.24) is 29.7 Å². The molecule has 1 saturated carbocycles. The van der Waals surface area contributed by atoms with Crippen LogP contribution in [0.1, 0.15) is 72.1 Å². The third kappa shape index (κ3) is 4.50. The van der Waals surface area contributed by atoms with Gasteiger partial charge < -0.3 is 4.74 Å². The largest absolute Gasteiger partial charge is 0.416 e. The zero-order valence-electron chi connectivity index (χ0n) is 20.6. The van der Waals surface area contributed by atoms with E-state index in [2.05, 4.69) is 25.0 Å². The molecule has 0 unspecified atom stereocenters. The molecule has 0 radical (unpaired) electrons. The molecule has 0 spiro atoms. The van der Waals surface area contributed by atoms with Gasteiger partial charge in [-0.3, -0.25) is 4.68 Å². The third-order valence-corrected chi connectivity index (χ3v) is 7.13. The Balaban J connectivity index is 1.44. The summed E-state index contributed by atoms with van der Waals surface area (Å²) in [5.41, 5.74) is -0.228. The summed E-state index contributed by atoms with van der Waals surface area (Å²) in [5.74, 6) is -2.74. The van der Waals surface area contributed by atoms with Crippen molar-refractivity contribution >= 4 is 11.2 Å². The Hall–Kier alpha value is -3.54. The first-order chi connectivity index (χ1) is 18.1. The van der Waals surface area contributed by atoms with Crippen molar-refractivity contribution in [1.29, 1.82) is 0 Å². The molecule has 1 saturated heterocycles. The van der Waals surface area contributed by atoms with Crippen LogP contribution in [0.15, 0.2) is 24.5 Å². The number of nitrogens with zero attached hydrogens (tertiary/aromatic N) is 6. The predicted octanol–water partition coefficient (Wildman–Crippen LogP) is 6.17. The van der Waals surface area contributed by atoms with E-state index in [1.807, 2.05) is 10.9 Å². The van der Waals surface area contributed by atoms with Crippen LogP contribution in [0.4, 0.5) is 22.0 Å². The molecule has 4 heterocycles. The lowest BCUT2D eigenvalue weighted by molar-refractivity contribution is -0.138. The van der Waals surface area contributed by atoms with Crippen molar-refractivity contribution in [3.63, 3.8) is 0 Å². The normalized spacial score (nSPS) is 20.3. The fourth-order valence-corrected chi connectivity index (χ4v) is 4.77. The molecule has 1 aromatic carbocycles. The quantitative estimate of drug-likeness (QED) is 0.294. The molecule has 2 fully saturated rings. The van der Waals surface area contributed by atoms with Gasteiger partial charge in [-0.15, -0.1) is 0 Å². The first-order valence-corrected chi connectivity index (χ1v) is 12.3. The number of aromatic nitrogens is 6. The maximum atomic E-state index is 15.1. The Kier molecular flexibility index (Phi) is 5.89. The average Bonchev–Trinajstić information content (AvgIpc) is 3.60. The van der Waals surface area contributed by atoms with E-state index in [0.717, 1.165) is 18.4 Å². The lowest BCUT2D eigenvalue weighted by atomic mass is 9.92. The number of halogens is 5. The van der Waals surface area contributed by atoms with Crippen LogP contribution in [-0.4, -0.2) is 36.3 Å². The van der Waals surface area contributed by atoms with Crippen LogP contribution >= 0.6 is 0 Å². The second kappa shape index (κ2) is 9.04. The summed E-state index contributed by atoms with van der Waals surface area (Å²) in [6, 6.07) is 0.957. The summed E-state index contributed by atoms with van der Waals surface area (Å²) < 4.78 is 77.6. The van der Waals surface area contributed by atoms with Gasteiger partial charge in [0.05, 0.1) is 40.9 Å². The number of benzene rings is 1. The highest BCUT2D eigenvalue weighted by atomic mass is 19.4. The van der Waals surface area contributed by atoms with Crippen molar-refractivity contribution in [3.05, 3.63) is 64.5 Å². The summed E-state index contributed by atoms with van der Waals surface area (Å²) in [6.07, 6.45) is 1.82. The maximum absolute atomic E-state index is 15.1. The Morgan fingerprint density at radius 2 is 1.66 bits per heavy atom. The van der Waals surface area contributed by atoms with E-state index in [1.54, 1.807) is 20.0 Å². The molecule has 3 aromatic heterocycles. The van der Waals surface area contributed by atoms with Crippen molar-refractivity contribution in [2.75, 3.05) is 6.61 Å². The second-order valence-electron chi connectivity index (χ2n) is 9.88. The molecule has 4 aromatic rings. The average molecular weight is 531 g/mol. The van der Waals surface area contributed by atoms with Gasteiger partial charge in [-0.1, -0.05) is 0 Å². The second-order valence-corrected chi connectivity index (χ2v) is 9.88. The van der Waals surface area contributed by atoms with Crippen LogP contribution in [0, 0.1) is 25.5 Å². The monoisotopic (exact) mass is 530 g/mol. The number of hydrogen-bond acceptors (Lipinski definition) is 6. The third-order valence-electron chi connectivity index (χ3n) is 7.13. The highest BCUT2D eigenvalue weighted by Crippen LogP contribution is 2.41. The molecule has 7 nitrogen and oxygen atoms in total. The van der Waals surface area contributed by atoms with Crippen LogP contribution in [0.2, 0.25) is 0 Å². The minimum absolute atomic E-state index is 0.0173. The van der Waals surface area contributed by atoms with Gasteiger partial charge in [-0.2, -0.15) is 18.3 Å². The van der Waals surface area contributed by atoms with Crippen LogP contribution in [0.5, 0.6) is 0 Å². The minimum atomic E-state index is -4.91. The molecular formula is C26H23F5N6O. The Morgan fingerprint density at radius 3 is 2.34 bits per heavy atom. The van der Waals surface area contributed by atoms with Crippen molar-refractivity contribution in [2.24, 2.45) is 0 Å². The zero-order chi connectivity index (χ0) is 26.8. The van der Waals surface area contributed by atoms with Crippen LogP contribution in [-0.2, 0) is 10.9 Å². The maximum Gasteiger partial charge on any atom is 0.416 e. The van der Waals surface area contributed by atoms with Gasteiger partial charge in [-0.05, 0) is 51.7 Å². The number of rotatable bonds is 4. The predicted molar refractivity (Wildman–Crippen MR) is 126 cm³/mol. The molecule has 0 amide bonds. The van der Waals surface area contributed by atoms with E-state index in [1.165, 1.54) is 0 Å². The summed E-state index contributed by atoms with van der Waals surface area (Å²) >= 11 is 0. The van der Waals surface area contributed by atoms with Crippen LogP contribution in [0.25, 0.3) is 22.4 Å². The van der Waals surface area contributed by atoms with Gasteiger partial charge in [0.1, 0.15) is 28.7 Å². The zero-order valence-corrected chi connectivity index (χ0v) is 20.6. The minimum Gasteiger partial charge on any atom is -0.373 e. The van der Waals surface area contributed by atoms with Crippen LogP contribution in [0.3, 0.4) is 0 Å². The molecule has 0 bridgehead atoms. The Labute approximate surface area is 214 Å². The number of alkyl halides is 3. The molecule has 12 heteroatoms. The summed E-state index contributed by atoms with van der Waals surface area (Å²) in [7, 11) is 0. The van der Waals surface area contributed by atoms with E-state index < -0.39 is 28.9 Å². The van der Waals surface area contributed by atoms with Gasteiger partial charge >= 0.3 is 6.18 Å². The summed E-state index contributed by atoms with van der Waals surface area (Å²) in [4.78, 5) is 17.9. The van der Waals surface area contributed by atoms with E-state index in [9.17, 15) is 13.2 Å². The fourth-order valence-electron chi connectivity index (χ4n) is 4.77. The van der Waals surface area contributed by atoms with E-state index in [0.29, 0.717) is 36.9 Å². The van der Waals surface area contributed by atoms with Gasteiger partial charge in [0, 0.05) is 24.3 Å². The highest BCUT2D eigenvalue weighted by Gasteiger charge is 2.35. The molecule has 198 valence electrons. The van der Waals surface area contributed by atoms with Gasteiger partial charge in [-0.25, -0.2) is 28.7 Å². The smallest absolute Gasteiger partial charge is 0.373 e. The first-order valence-electron chi connectivity index (χ1n) is 12.3. The number of hydrogen-bond donors (Lipinski definition) is 0. The highest BCUT2D eigenvalue weighted by molar-refractivity contribution is 5.87. The summed E-state index contributed by atoms with van der Waals surface area (Å²) in [5, 5.41) is 4.43. The molecule has 0 N–H and O–H groups in total. The first kappa shape index (κ1) is 24.8. The molecule has 2 aliphatic rings. The lowest BCUT2D eigenvalue weighted by Crippen LogP contribution is -2.21. The lowest BCUT2D eigenvalue weighted by Gasteiger charge is -2.28. The van der Waals surface area contributed by atoms with Crippen molar-refractivity contribution in [2.45, 2.75) is 63.8 Å². The van der Waals surface area contributed by atoms with Crippen LogP contribution < -0.4 is 0 Å². The fraction of sp³-hybridized carbons (Fsp3) is 0.423. The van der Waals surface area contributed by atoms with Crippen molar-refractivity contribution in [3.8, 4) is 11.3 Å². The molecule has 1 aliphatic heterocycles. The molecule has 2 atom stereocenters. The standard InChI is InChI=1S/C26H23F5N6O/c1-12-13(2)34-25-23(33-12)22(21-18(27)8-16(9-19(21)28)26(29,30)31)35-24(36-25)14-5-6-38-20(7-14)15-10-32-37(11-15)17-3-4-17/h8-11,14,17,20H,3-7H2,1-2H3/t14-,20+/m0/s1. The number of ether oxygens (including phenoxy) is 1. The number of fused-ring (bicyclic) bond motifs is 1. The van der Waals surface area contributed by atoms with Gasteiger partial charge in [0.2, 0.25) is 0 Å².